The van der Waals surface area contributed by atoms with Crippen molar-refractivity contribution in [3.05, 3.63) is 46.8 Å². The van der Waals surface area contributed by atoms with Crippen LogP contribution in [0, 0.1) is 11.3 Å². The minimum absolute atomic E-state index is 0.00773. The van der Waals surface area contributed by atoms with Crippen LogP contribution in [0.3, 0.4) is 0 Å². The summed E-state index contributed by atoms with van der Waals surface area (Å²) < 4.78 is 7.63. The SMILES string of the molecule is CCC(=O)CCCCC[C@@H]1NC(=O)[C@H]2CC23CCN(CCCCCCCCn2ccc4cc(c(OC)cc4c2=O)-c2cnc1[nH]2)CC3. The lowest BCUT2D eigenvalue weighted by molar-refractivity contribution is -0.124. The first-order valence-corrected chi connectivity index (χ1v) is 18.2. The van der Waals surface area contributed by atoms with E-state index >= 15 is 0 Å². The number of amides is 1. The molecule has 1 spiro atoms. The van der Waals surface area contributed by atoms with Gasteiger partial charge in [-0.15, -0.1) is 0 Å². The Kier molecular flexibility index (Phi) is 10.8. The van der Waals surface area contributed by atoms with Gasteiger partial charge in [0.2, 0.25) is 5.91 Å². The average Bonchev–Trinajstić information content (AvgIpc) is 3.56. The summed E-state index contributed by atoms with van der Waals surface area (Å²) in [6.45, 7) is 5.97. The van der Waals surface area contributed by atoms with E-state index in [4.69, 9.17) is 9.72 Å². The molecule has 1 amide bonds. The highest BCUT2D eigenvalue weighted by atomic mass is 16.5. The van der Waals surface area contributed by atoms with Gasteiger partial charge in [0, 0.05) is 37.1 Å². The number of nitrogens with zero attached hydrogens (tertiary/aromatic N) is 3. The zero-order valence-corrected chi connectivity index (χ0v) is 28.5. The minimum Gasteiger partial charge on any atom is -0.496 e. The second-order valence-electron chi connectivity index (χ2n) is 14.3. The molecule has 2 N–H and O–H groups in total. The monoisotopic (exact) mass is 643 g/mol. The topological polar surface area (TPSA) is 109 Å². The van der Waals surface area contributed by atoms with Crippen molar-refractivity contribution in [2.24, 2.45) is 11.3 Å². The van der Waals surface area contributed by atoms with Crippen molar-refractivity contribution in [1.29, 1.82) is 0 Å². The quantitative estimate of drug-likeness (QED) is 0.257. The van der Waals surface area contributed by atoms with Crippen LogP contribution in [-0.2, 0) is 16.1 Å². The number of ketones is 1. The summed E-state index contributed by atoms with van der Waals surface area (Å²) in [6, 6.07) is 5.61. The summed E-state index contributed by atoms with van der Waals surface area (Å²) in [6.07, 6.45) is 18.6. The van der Waals surface area contributed by atoms with Crippen LogP contribution < -0.4 is 15.6 Å². The summed E-state index contributed by atoms with van der Waals surface area (Å²) in [7, 11) is 1.63. The van der Waals surface area contributed by atoms with Gasteiger partial charge in [-0.05, 0) is 93.6 Å². The van der Waals surface area contributed by atoms with Gasteiger partial charge in [-0.1, -0.05) is 45.4 Å². The maximum absolute atomic E-state index is 13.8. The molecule has 7 aliphatic heterocycles. The molecule has 9 heteroatoms. The molecule has 1 aliphatic carbocycles. The van der Waals surface area contributed by atoms with Crippen molar-refractivity contribution in [1.82, 2.24) is 24.8 Å². The molecule has 1 saturated carbocycles. The van der Waals surface area contributed by atoms with E-state index in [2.05, 4.69) is 15.2 Å². The van der Waals surface area contributed by atoms with Crippen LogP contribution in [0.15, 0.2) is 35.4 Å². The Morgan fingerprint density at radius 3 is 2.53 bits per heavy atom. The van der Waals surface area contributed by atoms with E-state index in [1.807, 2.05) is 35.9 Å². The Balaban J connectivity index is 1.26. The number of carbonyl (C=O) groups is 2. The molecule has 47 heavy (non-hydrogen) atoms. The number of ether oxygens (including phenoxy) is 1. The molecule has 2 atom stereocenters. The first kappa shape index (κ1) is 33.4. The van der Waals surface area contributed by atoms with Crippen LogP contribution in [0.5, 0.6) is 5.75 Å². The summed E-state index contributed by atoms with van der Waals surface area (Å²) in [5, 5.41) is 4.91. The molecule has 9 nitrogen and oxygen atoms in total. The molecule has 8 bridgehead atoms. The predicted octanol–water partition coefficient (Wildman–Crippen LogP) is 6.94. The number of H-pyrrole nitrogens is 1. The van der Waals surface area contributed by atoms with E-state index in [1.54, 1.807) is 13.3 Å². The number of nitrogens with one attached hydrogen (secondary N) is 2. The van der Waals surface area contributed by atoms with Gasteiger partial charge in [0.05, 0.1) is 30.4 Å². The van der Waals surface area contributed by atoms with Gasteiger partial charge >= 0.3 is 0 Å². The highest BCUT2D eigenvalue weighted by molar-refractivity contribution is 5.89. The number of methoxy groups -OCH3 is 1. The Bertz CT molecular complexity index is 1600. The van der Waals surface area contributed by atoms with Crippen LogP contribution in [-0.4, -0.2) is 57.9 Å². The normalized spacial score (nSPS) is 25.3. The molecule has 9 heterocycles. The molecular weight excluding hydrogens is 590 g/mol. The summed E-state index contributed by atoms with van der Waals surface area (Å²) >= 11 is 0. The van der Waals surface area contributed by atoms with Gasteiger partial charge < -0.3 is 24.5 Å². The molecule has 0 unspecified atom stereocenters. The van der Waals surface area contributed by atoms with Crippen molar-refractivity contribution in [2.75, 3.05) is 26.7 Å². The van der Waals surface area contributed by atoms with Gasteiger partial charge in [-0.25, -0.2) is 4.98 Å². The standard InChI is InChI=1S/C38H53N5O4/c1-3-28(44)13-9-8-10-14-32-35-39-26-33(40-35)30-23-27-15-20-43(37(46)29(27)24-34(30)47-2)19-12-7-5-4-6-11-18-42-21-16-38(17-22-42)25-31(38)36(45)41-32/h15,20,23-24,26,31-32H,3-14,16-19,21-22,25H2,1-2H3,(H,39,40)(H,41,45)/t31-,32+/m1/s1. The van der Waals surface area contributed by atoms with E-state index in [1.165, 1.54) is 25.7 Å². The summed E-state index contributed by atoms with van der Waals surface area (Å²) in [5.74, 6) is 1.86. The highest BCUT2D eigenvalue weighted by Gasteiger charge is 2.58. The van der Waals surface area contributed by atoms with E-state index in [0.717, 1.165) is 106 Å². The number of hydrogen-bond donors (Lipinski definition) is 2. The number of aromatic amines is 1. The second-order valence-corrected chi connectivity index (χ2v) is 14.3. The largest absolute Gasteiger partial charge is 0.496 e. The predicted molar refractivity (Wildman–Crippen MR) is 186 cm³/mol. The number of aryl methyl sites for hydroxylation is 1. The lowest BCUT2D eigenvalue weighted by Crippen LogP contribution is -2.38. The molecule has 3 aromatic rings. The molecule has 254 valence electrons. The van der Waals surface area contributed by atoms with E-state index in [-0.39, 0.29) is 28.8 Å². The van der Waals surface area contributed by atoms with Gasteiger partial charge in [-0.3, -0.25) is 14.4 Å². The molecule has 0 radical (unpaired) electrons. The van der Waals surface area contributed by atoms with Crippen LogP contribution >= 0.6 is 0 Å². The highest BCUT2D eigenvalue weighted by Crippen LogP contribution is 2.59. The molecule has 2 fully saturated rings. The average molecular weight is 644 g/mol. The minimum atomic E-state index is -0.246. The number of imidazole rings is 1. The fourth-order valence-corrected chi connectivity index (χ4v) is 7.91. The van der Waals surface area contributed by atoms with Gasteiger partial charge in [0.1, 0.15) is 17.4 Å². The van der Waals surface area contributed by atoms with Gasteiger partial charge in [-0.2, -0.15) is 0 Å². The van der Waals surface area contributed by atoms with E-state index < -0.39 is 0 Å². The Labute approximate surface area is 278 Å². The van der Waals surface area contributed by atoms with Gasteiger partial charge in [0.25, 0.3) is 5.56 Å². The first-order valence-electron chi connectivity index (χ1n) is 18.2. The van der Waals surface area contributed by atoms with Crippen molar-refractivity contribution < 1.29 is 14.3 Å². The fourth-order valence-electron chi connectivity index (χ4n) is 7.91. The lowest BCUT2D eigenvalue weighted by atomic mass is 9.90. The fraction of sp³-hybridized carbons (Fsp3) is 0.632. The molecular formula is C38H53N5O4. The zero-order valence-electron chi connectivity index (χ0n) is 28.5. The second kappa shape index (κ2) is 15.2. The molecule has 1 saturated heterocycles. The third-order valence-corrected chi connectivity index (χ3v) is 11.2. The lowest BCUT2D eigenvalue weighted by Gasteiger charge is -2.33. The van der Waals surface area contributed by atoms with E-state index in [9.17, 15) is 14.4 Å². The van der Waals surface area contributed by atoms with Crippen LogP contribution in [0.2, 0.25) is 0 Å². The van der Waals surface area contributed by atoms with Crippen molar-refractivity contribution in [2.45, 2.75) is 116 Å². The number of hydrogen-bond acceptors (Lipinski definition) is 6. The number of Topliss-reactive ketones (excluding diaryl/α,β-unsaturated/α-hetero) is 1. The van der Waals surface area contributed by atoms with E-state index in [0.29, 0.717) is 29.8 Å². The zero-order chi connectivity index (χ0) is 32.8. The van der Waals surface area contributed by atoms with Crippen LogP contribution in [0.1, 0.15) is 115 Å². The number of pyridine rings is 1. The number of aromatic nitrogens is 3. The van der Waals surface area contributed by atoms with Crippen LogP contribution in [0.4, 0.5) is 0 Å². The smallest absolute Gasteiger partial charge is 0.258 e. The molecule has 2 aromatic heterocycles. The maximum Gasteiger partial charge on any atom is 0.258 e. The Morgan fingerprint density at radius 2 is 1.77 bits per heavy atom. The number of benzene rings is 1. The van der Waals surface area contributed by atoms with Gasteiger partial charge in [0.15, 0.2) is 0 Å². The molecule has 1 aromatic carbocycles. The third kappa shape index (κ3) is 7.82. The molecule has 11 rings (SSSR count). The Morgan fingerprint density at radius 1 is 1.00 bits per heavy atom. The number of carbonyl (C=O) groups excluding carboxylic acids is 2. The number of unbranched alkanes of at least 4 members (excludes halogenated alkanes) is 2. The van der Waals surface area contributed by atoms with Crippen molar-refractivity contribution in [3.8, 4) is 17.0 Å². The maximum atomic E-state index is 13.8. The van der Waals surface area contributed by atoms with Crippen molar-refractivity contribution >= 4 is 22.5 Å². The molecule has 8 aliphatic rings. The van der Waals surface area contributed by atoms with Crippen molar-refractivity contribution in [3.63, 3.8) is 0 Å². The van der Waals surface area contributed by atoms with Crippen LogP contribution in [0.25, 0.3) is 22.0 Å². The summed E-state index contributed by atoms with van der Waals surface area (Å²) in [4.78, 5) is 49.9. The first-order chi connectivity index (χ1) is 22.9. The third-order valence-electron chi connectivity index (χ3n) is 11.2. The number of rotatable bonds is 8. The summed E-state index contributed by atoms with van der Waals surface area (Å²) in [5.41, 5.74) is 1.78. The Hall–Kier alpha value is -3.46. The number of piperidine rings is 1.